The Balaban J connectivity index is 1.60. The number of likely N-dealkylation sites (tertiary alicyclic amines) is 1. The van der Waals surface area contributed by atoms with Gasteiger partial charge in [-0.3, -0.25) is 4.90 Å². The van der Waals surface area contributed by atoms with Crippen LogP contribution in [0.15, 0.2) is 53.4 Å². The molecule has 1 atom stereocenters. The summed E-state index contributed by atoms with van der Waals surface area (Å²) in [4.78, 5) is 2.61. The van der Waals surface area contributed by atoms with Crippen molar-refractivity contribution in [2.45, 2.75) is 30.4 Å². The van der Waals surface area contributed by atoms with Gasteiger partial charge in [-0.2, -0.15) is 4.31 Å². The fourth-order valence-electron chi connectivity index (χ4n) is 4.02. The van der Waals surface area contributed by atoms with Gasteiger partial charge in [0.05, 0.1) is 6.54 Å². The zero-order chi connectivity index (χ0) is 18.4. The number of likely N-dealkylation sites (N-methyl/N-ethyl adjacent to an activating group) is 1. The van der Waals surface area contributed by atoms with E-state index in [0.717, 1.165) is 26.1 Å². The van der Waals surface area contributed by atoms with E-state index in [4.69, 9.17) is 4.74 Å². The number of hydrogen-bond donors (Lipinski definition) is 0. The summed E-state index contributed by atoms with van der Waals surface area (Å²) in [5.74, 6) is 0.467. The highest BCUT2D eigenvalue weighted by Gasteiger charge is 2.46. The molecule has 5 nitrogen and oxygen atoms in total. The predicted molar refractivity (Wildman–Crippen MR) is 101 cm³/mol. The number of ether oxygens (including phenoxy) is 1. The second-order valence-electron chi connectivity index (χ2n) is 7.44. The molecule has 2 heterocycles. The summed E-state index contributed by atoms with van der Waals surface area (Å²) in [6.07, 6.45) is 0.813. The third-order valence-corrected chi connectivity index (χ3v) is 7.10. The Bertz CT molecular complexity index is 928. The molecule has 0 aromatic heterocycles. The summed E-state index contributed by atoms with van der Waals surface area (Å²) in [7, 11) is -1.87. The number of benzene rings is 2. The number of nitrogens with zero attached hydrogens (tertiary/aromatic N) is 2. The number of hydrogen-bond acceptors (Lipinski definition) is 4. The van der Waals surface area contributed by atoms with Crippen molar-refractivity contribution in [1.82, 2.24) is 9.21 Å². The van der Waals surface area contributed by atoms with Gasteiger partial charge in [-0.05, 0) is 24.6 Å². The largest absolute Gasteiger partial charge is 0.483 e. The lowest BCUT2D eigenvalue weighted by atomic mass is 10.0. The third kappa shape index (κ3) is 3.13. The first-order valence-electron chi connectivity index (χ1n) is 8.90. The van der Waals surface area contributed by atoms with E-state index in [1.165, 1.54) is 15.4 Å². The Morgan fingerprint density at radius 1 is 1.12 bits per heavy atom. The Kier molecular flexibility index (Phi) is 4.29. The van der Waals surface area contributed by atoms with E-state index in [1.807, 2.05) is 6.07 Å². The van der Waals surface area contributed by atoms with Crippen molar-refractivity contribution in [3.05, 3.63) is 59.7 Å². The van der Waals surface area contributed by atoms with Gasteiger partial charge in [-0.25, -0.2) is 8.42 Å². The number of sulfonamides is 1. The summed E-state index contributed by atoms with van der Waals surface area (Å²) in [5, 5.41) is 0. The minimum absolute atomic E-state index is 0.261. The highest BCUT2D eigenvalue weighted by Crippen LogP contribution is 2.38. The Morgan fingerprint density at radius 3 is 2.73 bits per heavy atom. The van der Waals surface area contributed by atoms with Crippen molar-refractivity contribution in [2.75, 3.05) is 26.7 Å². The fraction of sp³-hybridized carbons (Fsp3) is 0.400. The van der Waals surface area contributed by atoms with Crippen LogP contribution in [0.3, 0.4) is 0 Å². The summed E-state index contributed by atoms with van der Waals surface area (Å²) < 4.78 is 33.4. The van der Waals surface area contributed by atoms with Gasteiger partial charge in [0.15, 0.2) is 0 Å². The van der Waals surface area contributed by atoms with Crippen LogP contribution in [0, 0.1) is 6.92 Å². The quantitative estimate of drug-likeness (QED) is 0.813. The first-order chi connectivity index (χ1) is 12.4. The minimum Gasteiger partial charge on any atom is -0.483 e. The lowest BCUT2D eigenvalue weighted by molar-refractivity contribution is 0.0623. The van der Waals surface area contributed by atoms with E-state index in [-0.39, 0.29) is 4.90 Å². The number of rotatable bonds is 2. The Labute approximate surface area is 155 Å². The SMILES string of the molecule is Cc1cccc(CN2CC[C@]3(C2)CN(C)S(=O)(=O)c2ccccc2O3)c1. The second-order valence-corrected chi connectivity index (χ2v) is 9.46. The standard InChI is InChI=1S/C20H24N2O3S/c1-16-6-5-7-17(12-16)13-22-11-10-20(15-22)14-21(2)26(23,24)19-9-4-3-8-18(19)25-20/h3-9,12H,10-11,13-15H2,1-2H3/t20-/m1/s1. The molecule has 2 aliphatic heterocycles. The van der Waals surface area contributed by atoms with Crippen molar-refractivity contribution in [1.29, 1.82) is 0 Å². The summed E-state index contributed by atoms with van der Waals surface area (Å²) in [6, 6.07) is 15.5. The van der Waals surface area contributed by atoms with Crippen LogP contribution in [0.5, 0.6) is 5.75 Å². The van der Waals surface area contributed by atoms with E-state index in [1.54, 1.807) is 25.2 Å². The molecule has 4 rings (SSSR count). The molecule has 2 aromatic rings. The molecule has 0 aliphatic carbocycles. The maximum Gasteiger partial charge on any atom is 0.246 e. The van der Waals surface area contributed by atoms with Crippen LogP contribution in [0.4, 0.5) is 0 Å². The molecule has 26 heavy (non-hydrogen) atoms. The summed E-state index contributed by atoms with van der Waals surface area (Å²) in [5.41, 5.74) is 2.03. The van der Waals surface area contributed by atoms with Crippen molar-refractivity contribution < 1.29 is 13.2 Å². The number of fused-ring (bicyclic) bond motifs is 1. The number of para-hydroxylation sites is 1. The van der Waals surface area contributed by atoms with Crippen LogP contribution in [0.25, 0.3) is 0 Å². The van der Waals surface area contributed by atoms with E-state index < -0.39 is 15.6 Å². The molecule has 2 aromatic carbocycles. The first kappa shape index (κ1) is 17.5. The molecule has 0 radical (unpaired) electrons. The molecule has 0 saturated carbocycles. The van der Waals surface area contributed by atoms with E-state index in [2.05, 4.69) is 36.1 Å². The molecular formula is C20H24N2O3S. The Morgan fingerprint density at radius 2 is 1.92 bits per heavy atom. The average molecular weight is 372 g/mol. The zero-order valence-electron chi connectivity index (χ0n) is 15.2. The third-order valence-electron chi connectivity index (χ3n) is 5.26. The van der Waals surface area contributed by atoms with Gasteiger partial charge in [0.25, 0.3) is 0 Å². The smallest absolute Gasteiger partial charge is 0.246 e. The normalized spacial score (nSPS) is 25.6. The maximum atomic E-state index is 12.8. The molecule has 0 N–H and O–H groups in total. The van der Waals surface area contributed by atoms with E-state index >= 15 is 0 Å². The van der Waals surface area contributed by atoms with Crippen LogP contribution in [0.2, 0.25) is 0 Å². The van der Waals surface area contributed by atoms with Crippen LogP contribution in [0.1, 0.15) is 17.5 Å². The van der Waals surface area contributed by atoms with Crippen LogP contribution >= 0.6 is 0 Å². The highest BCUT2D eigenvalue weighted by molar-refractivity contribution is 7.89. The molecule has 1 fully saturated rings. The predicted octanol–water partition coefficient (Wildman–Crippen LogP) is 2.65. The van der Waals surface area contributed by atoms with Gasteiger partial charge in [-0.1, -0.05) is 42.0 Å². The second kappa shape index (κ2) is 6.37. The van der Waals surface area contributed by atoms with Gasteiger partial charge < -0.3 is 4.74 Å². The van der Waals surface area contributed by atoms with Crippen molar-refractivity contribution in [2.24, 2.45) is 0 Å². The van der Waals surface area contributed by atoms with E-state index in [0.29, 0.717) is 12.3 Å². The highest BCUT2D eigenvalue weighted by atomic mass is 32.2. The minimum atomic E-state index is -3.51. The molecule has 138 valence electrons. The van der Waals surface area contributed by atoms with E-state index in [9.17, 15) is 8.42 Å². The lowest BCUT2D eigenvalue weighted by Gasteiger charge is -2.30. The van der Waals surface area contributed by atoms with Gasteiger partial charge in [0.1, 0.15) is 16.2 Å². The molecule has 0 unspecified atom stereocenters. The zero-order valence-corrected chi connectivity index (χ0v) is 16.0. The summed E-state index contributed by atoms with van der Waals surface area (Å²) >= 11 is 0. The van der Waals surface area contributed by atoms with Crippen molar-refractivity contribution >= 4 is 10.0 Å². The molecule has 1 spiro atoms. The van der Waals surface area contributed by atoms with Crippen LogP contribution < -0.4 is 4.74 Å². The maximum absolute atomic E-state index is 12.8. The molecule has 0 amide bonds. The van der Waals surface area contributed by atoms with Gasteiger partial charge in [0.2, 0.25) is 10.0 Å². The molecule has 6 heteroatoms. The average Bonchev–Trinajstić information content (AvgIpc) is 2.93. The molecular weight excluding hydrogens is 348 g/mol. The van der Waals surface area contributed by atoms with Crippen molar-refractivity contribution in [3.63, 3.8) is 0 Å². The number of aryl methyl sites for hydroxylation is 1. The molecule has 1 saturated heterocycles. The molecule has 0 bridgehead atoms. The van der Waals surface area contributed by atoms with Gasteiger partial charge in [0, 0.05) is 33.1 Å². The van der Waals surface area contributed by atoms with Gasteiger partial charge >= 0.3 is 0 Å². The lowest BCUT2D eigenvalue weighted by Crippen LogP contribution is -2.47. The monoisotopic (exact) mass is 372 g/mol. The van der Waals surface area contributed by atoms with Gasteiger partial charge in [-0.15, -0.1) is 0 Å². The Hall–Kier alpha value is -1.89. The first-order valence-corrected chi connectivity index (χ1v) is 10.3. The van der Waals surface area contributed by atoms with Crippen LogP contribution in [-0.4, -0.2) is 49.9 Å². The fourth-order valence-corrected chi connectivity index (χ4v) is 5.37. The topological polar surface area (TPSA) is 49.9 Å². The van der Waals surface area contributed by atoms with Crippen molar-refractivity contribution in [3.8, 4) is 5.75 Å². The van der Waals surface area contributed by atoms with Crippen LogP contribution in [-0.2, 0) is 16.6 Å². The molecule has 2 aliphatic rings. The summed E-state index contributed by atoms with van der Waals surface area (Å²) in [6.45, 7) is 4.93.